The third-order valence-electron chi connectivity index (χ3n) is 2.98. The Morgan fingerprint density at radius 3 is 2.93 bits per heavy atom. The maximum atomic E-state index is 5.83. The van der Waals surface area contributed by atoms with E-state index >= 15 is 0 Å². The minimum absolute atomic E-state index is 0.673. The molecule has 1 aliphatic rings. The van der Waals surface area contributed by atoms with E-state index in [9.17, 15) is 0 Å². The molecule has 1 aliphatic carbocycles. The fourth-order valence-corrected chi connectivity index (χ4v) is 1.80. The number of nitrogens with two attached hydrogens (primary N) is 1. The normalized spacial score (nSPS) is 15.9. The van der Waals surface area contributed by atoms with Crippen LogP contribution in [0.15, 0.2) is 18.3 Å². The number of anilines is 1. The van der Waals surface area contributed by atoms with Crippen LogP contribution in [0.5, 0.6) is 0 Å². The zero-order chi connectivity index (χ0) is 10.7. The fourth-order valence-electron chi connectivity index (χ4n) is 1.80. The van der Waals surface area contributed by atoms with Crippen LogP contribution < -0.4 is 5.73 Å². The van der Waals surface area contributed by atoms with Crippen LogP contribution in [0, 0.1) is 5.92 Å². The van der Waals surface area contributed by atoms with E-state index in [1.165, 1.54) is 19.4 Å². The number of nitrogen functional groups attached to an aromatic ring is 1. The predicted octanol–water partition coefficient (Wildman–Crippen LogP) is 1.90. The first kappa shape index (κ1) is 10.4. The SMILES string of the molecule is CCN(Cc1cccnc1N)CC1CC1. The van der Waals surface area contributed by atoms with E-state index < -0.39 is 0 Å². The van der Waals surface area contributed by atoms with Crippen LogP contribution in [0.2, 0.25) is 0 Å². The Hall–Kier alpha value is -1.09. The molecule has 0 aliphatic heterocycles. The molecule has 0 bridgehead atoms. The van der Waals surface area contributed by atoms with Crippen molar-refractivity contribution in [3.05, 3.63) is 23.9 Å². The highest BCUT2D eigenvalue weighted by Crippen LogP contribution is 2.30. The van der Waals surface area contributed by atoms with Gasteiger partial charge in [-0.15, -0.1) is 0 Å². The second-order valence-electron chi connectivity index (χ2n) is 4.32. The van der Waals surface area contributed by atoms with E-state index in [2.05, 4.69) is 22.9 Å². The molecule has 3 heteroatoms. The topological polar surface area (TPSA) is 42.2 Å². The first-order chi connectivity index (χ1) is 7.29. The molecule has 0 aromatic carbocycles. The number of hydrogen-bond acceptors (Lipinski definition) is 3. The molecule has 3 nitrogen and oxygen atoms in total. The first-order valence-corrected chi connectivity index (χ1v) is 5.71. The van der Waals surface area contributed by atoms with Gasteiger partial charge in [0.25, 0.3) is 0 Å². The summed E-state index contributed by atoms with van der Waals surface area (Å²) < 4.78 is 0. The van der Waals surface area contributed by atoms with Crippen LogP contribution >= 0.6 is 0 Å². The summed E-state index contributed by atoms with van der Waals surface area (Å²) in [6, 6.07) is 4.02. The molecule has 2 rings (SSSR count). The fraction of sp³-hybridized carbons (Fsp3) is 0.583. The molecule has 2 N–H and O–H groups in total. The summed E-state index contributed by atoms with van der Waals surface area (Å²) >= 11 is 0. The van der Waals surface area contributed by atoms with Crippen LogP contribution in [0.4, 0.5) is 5.82 Å². The summed E-state index contributed by atoms with van der Waals surface area (Å²) in [7, 11) is 0. The highest BCUT2D eigenvalue weighted by atomic mass is 15.1. The minimum atomic E-state index is 0.673. The van der Waals surface area contributed by atoms with Gasteiger partial charge in [-0.2, -0.15) is 0 Å². The summed E-state index contributed by atoms with van der Waals surface area (Å²) in [5.41, 5.74) is 6.98. The molecule has 1 heterocycles. The summed E-state index contributed by atoms with van der Waals surface area (Å²) in [4.78, 5) is 6.56. The van der Waals surface area contributed by atoms with E-state index in [4.69, 9.17) is 5.73 Å². The van der Waals surface area contributed by atoms with Crippen LogP contribution in [0.3, 0.4) is 0 Å². The van der Waals surface area contributed by atoms with Crippen LogP contribution in [-0.4, -0.2) is 23.0 Å². The molecular formula is C12H19N3. The predicted molar refractivity (Wildman–Crippen MR) is 62.3 cm³/mol. The van der Waals surface area contributed by atoms with Gasteiger partial charge in [0.1, 0.15) is 5.82 Å². The van der Waals surface area contributed by atoms with Gasteiger partial charge in [0.2, 0.25) is 0 Å². The number of hydrogen-bond donors (Lipinski definition) is 1. The highest BCUT2D eigenvalue weighted by molar-refractivity contribution is 5.38. The van der Waals surface area contributed by atoms with Crippen molar-refractivity contribution in [2.24, 2.45) is 5.92 Å². The van der Waals surface area contributed by atoms with Gasteiger partial charge in [0.15, 0.2) is 0 Å². The van der Waals surface area contributed by atoms with Crippen molar-refractivity contribution in [1.82, 2.24) is 9.88 Å². The maximum absolute atomic E-state index is 5.83. The largest absolute Gasteiger partial charge is 0.383 e. The number of aromatic nitrogens is 1. The molecule has 1 aromatic heterocycles. The van der Waals surface area contributed by atoms with Gasteiger partial charge in [-0.3, -0.25) is 4.90 Å². The highest BCUT2D eigenvalue weighted by Gasteiger charge is 2.23. The third-order valence-corrected chi connectivity index (χ3v) is 2.98. The third kappa shape index (κ3) is 2.93. The lowest BCUT2D eigenvalue weighted by atomic mass is 10.2. The van der Waals surface area contributed by atoms with E-state index in [0.29, 0.717) is 5.82 Å². The molecule has 0 amide bonds. The van der Waals surface area contributed by atoms with Gasteiger partial charge < -0.3 is 5.73 Å². The van der Waals surface area contributed by atoms with Gasteiger partial charge in [0, 0.05) is 24.8 Å². The Kier molecular flexibility index (Phi) is 3.21. The molecule has 0 spiro atoms. The van der Waals surface area contributed by atoms with Gasteiger partial charge in [-0.25, -0.2) is 4.98 Å². The van der Waals surface area contributed by atoms with E-state index in [0.717, 1.165) is 24.6 Å². The van der Waals surface area contributed by atoms with Gasteiger partial charge in [-0.1, -0.05) is 13.0 Å². The molecule has 0 radical (unpaired) electrons. The monoisotopic (exact) mass is 205 g/mol. The zero-order valence-electron chi connectivity index (χ0n) is 9.32. The Bertz CT molecular complexity index is 320. The Morgan fingerprint density at radius 2 is 2.33 bits per heavy atom. The zero-order valence-corrected chi connectivity index (χ0v) is 9.32. The molecule has 0 atom stereocenters. The Labute approximate surface area is 91.3 Å². The van der Waals surface area contributed by atoms with Crippen molar-refractivity contribution in [1.29, 1.82) is 0 Å². The Morgan fingerprint density at radius 1 is 1.53 bits per heavy atom. The smallest absolute Gasteiger partial charge is 0.127 e. The van der Waals surface area contributed by atoms with Crippen molar-refractivity contribution in [2.75, 3.05) is 18.8 Å². The molecule has 1 saturated carbocycles. The molecule has 1 aromatic rings. The van der Waals surface area contributed by atoms with Crippen LogP contribution in [-0.2, 0) is 6.54 Å². The lowest BCUT2D eigenvalue weighted by Gasteiger charge is -2.20. The van der Waals surface area contributed by atoms with E-state index in [1.54, 1.807) is 6.20 Å². The van der Waals surface area contributed by atoms with Crippen molar-refractivity contribution >= 4 is 5.82 Å². The maximum Gasteiger partial charge on any atom is 0.127 e. The van der Waals surface area contributed by atoms with Gasteiger partial charge >= 0.3 is 0 Å². The molecule has 0 saturated heterocycles. The molecule has 15 heavy (non-hydrogen) atoms. The lowest BCUT2D eigenvalue weighted by Crippen LogP contribution is -2.25. The molecule has 82 valence electrons. The average Bonchev–Trinajstić information content (AvgIpc) is 3.04. The van der Waals surface area contributed by atoms with Gasteiger partial charge in [-0.05, 0) is 31.4 Å². The first-order valence-electron chi connectivity index (χ1n) is 5.71. The molecule has 1 fully saturated rings. The summed E-state index contributed by atoms with van der Waals surface area (Å²) in [5.74, 6) is 1.61. The van der Waals surface area contributed by atoms with Crippen molar-refractivity contribution in [3.63, 3.8) is 0 Å². The summed E-state index contributed by atoms with van der Waals surface area (Å²) in [6.45, 7) is 5.44. The molecular weight excluding hydrogens is 186 g/mol. The van der Waals surface area contributed by atoms with Gasteiger partial charge in [0.05, 0.1) is 0 Å². The number of pyridine rings is 1. The summed E-state index contributed by atoms with van der Waals surface area (Å²) in [6.07, 6.45) is 4.55. The number of rotatable bonds is 5. The Balaban J connectivity index is 1.95. The lowest BCUT2D eigenvalue weighted by molar-refractivity contribution is 0.268. The minimum Gasteiger partial charge on any atom is -0.383 e. The second-order valence-corrected chi connectivity index (χ2v) is 4.32. The quantitative estimate of drug-likeness (QED) is 0.798. The average molecular weight is 205 g/mol. The summed E-state index contributed by atoms with van der Waals surface area (Å²) in [5, 5.41) is 0. The van der Waals surface area contributed by atoms with Crippen LogP contribution in [0.1, 0.15) is 25.3 Å². The van der Waals surface area contributed by atoms with Crippen molar-refractivity contribution in [2.45, 2.75) is 26.3 Å². The number of nitrogens with zero attached hydrogens (tertiary/aromatic N) is 2. The molecule has 0 unspecified atom stereocenters. The van der Waals surface area contributed by atoms with Crippen LogP contribution in [0.25, 0.3) is 0 Å². The van der Waals surface area contributed by atoms with E-state index in [-0.39, 0.29) is 0 Å². The standard InChI is InChI=1S/C12H19N3/c1-2-15(8-10-5-6-10)9-11-4-3-7-14-12(11)13/h3-4,7,10H,2,5-6,8-9H2,1H3,(H2,13,14). The van der Waals surface area contributed by atoms with Crippen molar-refractivity contribution in [3.8, 4) is 0 Å². The van der Waals surface area contributed by atoms with E-state index in [1.807, 2.05) is 6.07 Å². The van der Waals surface area contributed by atoms with Crippen molar-refractivity contribution < 1.29 is 0 Å². The second kappa shape index (κ2) is 4.62.